The number of rotatable bonds is 2. The summed E-state index contributed by atoms with van der Waals surface area (Å²) >= 11 is 0. The van der Waals surface area contributed by atoms with Crippen LogP contribution in [-0.2, 0) is 32.5 Å². The van der Waals surface area contributed by atoms with Crippen LogP contribution in [0.4, 0.5) is 11.4 Å². The van der Waals surface area contributed by atoms with Gasteiger partial charge in [-0.1, -0.05) is 61.5 Å². The highest BCUT2D eigenvalue weighted by Gasteiger charge is 2.59. The molecular weight excluding hydrogens is 817 g/mol. The van der Waals surface area contributed by atoms with Crippen molar-refractivity contribution in [3.8, 4) is 34.5 Å². The highest BCUT2D eigenvalue weighted by molar-refractivity contribution is 6.09. The molecule has 1 N–H and O–H groups in total. The molecule has 5 aromatic carbocycles. The Morgan fingerprint density at radius 2 is 0.909 bits per heavy atom. The Balaban J connectivity index is 0.906. The van der Waals surface area contributed by atoms with E-state index in [2.05, 4.69) is 135 Å². The van der Waals surface area contributed by atoms with Gasteiger partial charge in [0.15, 0.2) is 34.5 Å². The number of nitrogens with one attached hydrogen (secondary N) is 1. The van der Waals surface area contributed by atoms with Gasteiger partial charge in [0.25, 0.3) is 0 Å². The van der Waals surface area contributed by atoms with Crippen LogP contribution in [0.1, 0.15) is 139 Å². The SMILES string of the molecule is COc1cc2c(cc1OC)C1(CC2(C)C)CC(C)(C)c2cc3c(cc21)Oc1cc2nc4cc5c(cc4nc2cc1O3)C(C)(C)CC51CC(C)(C)c2cc3c(cc21)NC1C=C(C)C(C)=CC1=N3. The molecule has 334 valence electrons. The molecule has 3 unspecified atom stereocenters. The lowest BCUT2D eigenvalue weighted by Gasteiger charge is -2.32. The number of benzene rings is 5. The normalized spacial score (nSPS) is 25.5. The number of methoxy groups -OCH3 is 2. The second-order valence-corrected chi connectivity index (χ2v) is 23.4. The van der Waals surface area contributed by atoms with Crippen LogP contribution in [0.25, 0.3) is 22.1 Å². The van der Waals surface area contributed by atoms with Crippen LogP contribution in [0.2, 0.25) is 0 Å². The van der Waals surface area contributed by atoms with Crippen molar-refractivity contribution >= 4 is 39.2 Å². The van der Waals surface area contributed by atoms with Crippen molar-refractivity contribution in [2.24, 2.45) is 4.99 Å². The molecule has 0 saturated carbocycles. The van der Waals surface area contributed by atoms with E-state index in [4.69, 9.17) is 33.9 Å². The molecule has 2 aliphatic heterocycles. The lowest BCUT2D eigenvalue weighted by atomic mass is 9.72. The average Bonchev–Trinajstić information content (AvgIpc) is 3.80. The average molecular weight is 875 g/mol. The number of fused-ring (bicyclic) bond motifs is 14. The van der Waals surface area contributed by atoms with Crippen LogP contribution in [0.5, 0.6) is 34.5 Å². The van der Waals surface area contributed by atoms with E-state index in [0.29, 0.717) is 11.5 Å². The van der Waals surface area contributed by atoms with Gasteiger partial charge in [0.1, 0.15) is 0 Å². The minimum Gasteiger partial charge on any atom is -0.493 e. The highest BCUT2D eigenvalue weighted by atomic mass is 16.6. The molecule has 2 spiro atoms. The van der Waals surface area contributed by atoms with Gasteiger partial charge in [0.2, 0.25) is 0 Å². The number of aliphatic imine (C=N–C) groups is 1. The Bertz CT molecular complexity index is 3370. The molecule has 66 heavy (non-hydrogen) atoms. The van der Waals surface area contributed by atoms with Gasteiger partial charge in [-0.25, -0.2) is 15.0 Å². The smallest absolute Gasteiger partial charge is 0.172 e. The second-order valence-electron chi connectivity index (χ2n) is 23.4. The van der Waals surface area contributed by atoms with Crippen LogP contribution < -0.4 is 24.3 Å². The Labute approximate surface area is 387 Å². The van der Waals surface area contributed by atoms with E-state index in [-0.39, 0.29) is 38.5 Å². The highest BCUT2D eigenvalue weighted by Crippen LogP contribution is 2.67. The molecule has 6 aromatic rings. The van der Waals surface area contributed by atoms with E-state index in [1.807, 2.05) is 12.1 Å². The zero-order chi connectivity index (χ0) is 45.8. The van der Waals surface area contributed by atoms with E-state index in [1.54, 1.807) is 14.2 Å². The summed E-state index contributed by atoms with van der Waals surface area (Å²) in [6.07, 6.45) is 8.53. The lowest BCUT2D eigenvalue weighted by molar-refractivity contribution is 0.347. The molecule has 7 aliphatic rings. The van der Waals surface area contributed by atoms with Gasteiger partial charge in [-0.15, -0.1) is 0 Å². The maximum absolute atomic E-state index is 6.88. The van der Waals surface area contributed by atoms with E-state index in [9.17, 15) is 0 Å². The topological polar surface area (TPSA) is 87.1 Å². The van der Waals surface area contributed by atoms with Crippen molar-refractivity contribution in [2.45, 2.75) is 133 Å². The molecule has 0 radical (unpaired) electrons. The first-order chi connectivity index (χ1) is 31.2. The predicted octanol–water partition coefficient (Wildman–Crippen LogP) is 13.8. The van der Waals surface area contributed by atoms with Gasteiger partial charge in [0, 0.05) is 23.0 Å². The molecular formula is C58H58N4O4. The van der Waals surface area contributed by atoms with E-state index >= 15 is 0 Å². The molecule has 3 heterocycles. The van der Waals surface area contributed by atoms with Gasteiger partial charge in [-0.05, 0) is 171 Å². The summed E-state index contributed by atoms with van der Waals surface area (Å²) < 4.78 is 25.4. The molecule has 3 atom stereocenters. The first kappa shape index (κ1) is 40.2. The number of hydrogen-bond donors (Lipinski definition) is 1. The minimum absolute atomic E-state index is 0.0438. The van der Waals surface area contributed by atoms with Crippen molar-refractivity contribution in [1.29, 1.82) is 0 Å². The van der Waals surface area contributed by atoms with Gasteiger partial charge in [0.05, 0.1) is 59.4 Å². The molecule has 13 rings (SSSR count). The fraction of sp³-hybridized carbons (Fsp3) is 0.397. The monoisotopic (exact) mass is 874 g/mol. The third-order valence-corrected chi connectivity index (χ3v) is 17.1. The summed E-state index contributed by atoms with van der Waals surface area (Å²) in [5.74, 6) is 4.29. The number of ether oxygens (including phenoxy) is 4. The van der Waals surface area contributed by atoms with Gasteiger partial charge in [-0.3, -0.25) is 0 Å². The summed E-state index contributed by atoms with van der Waals surface area (Å²) in [6, 6.07) is 22.5. The quantitative estimate of drug-likeness (QED) is 0.173. The minimum atomic E-state index is -0.221. The summed E-state index contributed by atoms with van der Waals surface area (Å²) in [7, 11) is 3.44. The van der Waals surface area contributed by atoms with Crippen LogP contribution >= 0.6 is 0 Å². The van der Waals surface area contributed by atoms with Crippen LogP contribution in [0.15, 0.2) is 89.0 Å². The van der Waals surface area contributed by atoms with Crippen LogP contribution in [-0.4, -0.2) is 35.9 Å². The maximum Gasteiger partial charge on any atom is 0.172 e. The van der Waals surface area contributed by atoms with Gasteiger partial charge < -0.3 is 24.3 Å². The summed E-state index contributed by atoms with van der Waals surface area (Å²) in [5.41, 5.74) is 19.3. The molecule has 0 amide bonds. The van der Waals surface area contributed by atoms with E-state index < -0.39 is 0 Å². The summed E-state index contributed by atoms with van der Waals surface area (Å²) in [6.45, 7) is 23.4. The van der Waals surface area contributed by atoms with E-state index in [1.165, 1.54) is 55.7 Å². The fourth-order valence-corrected chi connectivity index (χ4v) is 14.3. The summed E-state index contributed by atoms with van der Waals surface area (Å²) in [4.78, 5) is 16.0. The third-order valence-electron chi connectivity index (χ3n) is 17.1. The number of hydrogen-bond acceptors (Lipinski definition) is 8. The van der Waals surface area contributed by atoms with Crippen molar-refractivity contribution in [3.63, 3.8) is 0 Å². The molecule has 0 saturated heterocycles. The molecule has 8 heteroatoms. The van der Waals surface area contributed by atoms with Gasteiger partial charge >= 0.3 is 0 Å². The fourth-order valence-electron chi connectivity index (χ4n) is 14.3. The Hall–Kier alpha value is -6.15. The summed E-state index contributed by atoms with van der Waals surface area (Å²) in [5, 5.41) is 3.88. The Morgan fingerprint density at radius 1 is 0.500 bits per heavy atom. The van der Waals surface area contributed by atoms with Crippen LogP contribution in [0.3, 0.4) is 0 Å². The largest absolute Gasteiger partial charge is 0.493 e. The van der Waals surface area contributed by atoms with Crippen molar-refractivity contribution < 1.29 is 18.9 Å². The molecule has 1 aromatic heterocycles. The zero-order valence-corrected chi connectivity index (χ0v) is 40.3. The van der Waals surface area contributed by atoms with Gasteiger partial charge in [-0.2, -0.15) is 0 Å². The number of anilines is 1. The molecule has 5 aliphatic carbocycles. The van der Waals surface area contributed by atoms with Crippen LogP contribution in [0, 0.1) is 0 Å². The first-order valence-corrected chi connectivity index (χ1v) is 23.8. The molecule has 0 fully saturated rings. The lowest BCUT2D eigenvalue weighted by Crippen LogP contribution is -2.32. The first-order valence-electron chi connectivity index (χ1n) is 23.8. The van der Waals surface area contributed by atoms with Crippen molar-refractivity contribution in [3.05, 3.63) is 128 Å². The predicted molar refractivity (Wildman–Crippen MR) is 264 cm³/mol. The molecule has 8 nitrogen and oxygen atoms in total. The maximum atomic E-state index is 6.88. The third kappa shape index (κ3) is 5.19. The standard InChI is InChI=1S/C58H58N4O4/c1-29-13-39-40(14-30(29)2)60-43-17-35-31(15-41(43)59-39)53(3,4)25-57(35)26-54(5,6)32-16-42-44(18-36(32)57)62-46-24-52-51(23-45(46)61-42)65-49-20-34-38(22-50(49)66-52)58(28-56(34,9)10)27-55(7,8)33-19-47(63-11)48(64-12)21-37(33)58/h13-24,40,60H,25-28H2,1-12H3. The van der Waals surface area contributed by atoms with Crippen molar-refractivity contribution in [1.82, 2.24) is 9.97 Å². The Morgan fingerprint density at radius 3 is 1.47 bits per heavy atom. The number of aromatic nitrogens is 2. The number of nitrogens with zero attached hydrogens (tertiary/aromatic N) is 3. The number of allylic oxidation sites excluding steroid dienone is 2. The molecule has 0 bridgehead atoms. The Kier molecular flexibility index (Phi) is 7.56. The second kappa shape index (κ2) is 12.4. The zero-order valence-electron chi connectivity index (χ0n) is 40.3. The van der Waals surface area contributed by atoms with E-state index in [0.717, 1.165) is 87.8 Å². The van der Waals surface area contributed by atoms with Crippen molar-refractivity contribution in [2.75, 3.05) is 19.5 Å².